The van der Waals surface area contributed by atoms with E-state index in [1.807, 2.05) is 24.3 Å². The minimum atomic E-state index is 0.629. The molecule has 0 unspecified atom stereocenters. The van der Waals surface area contributed by atoms with E-state index in [0.29, 0.717) is 13.1 Å². The summed E-state index contributed by atoms with van der Waals surface area (Å²) >= 11 is 6.20. The quantitative estimate of drug-likeness (QED) is 0.881. The smallest absolute Gasteiger partial charge is 0.0414 e. The monoisotopic (exact) mass is 274 g/mol. The van der Waals surface area contributed by atoms with Crippen molar-refractivity contribution >= 4 is 11.6 Å². The summed E-state index contributed by atoms with van der Waals surface area (Å²) in [5.74, 6) is 0. The molecule has 0 spiro atoms. The summed E-state index contributed by atoms with van der Waals surface area (Å²) in [6, 6.07) is 14.4. The fourth-order valence-electron chi connectivity index (χ4n) is 2.29. The second kappa shape index (κ2) is 6.71. The molecule has 0 aliphatic rings. The van der Waals surface area contributed by atoms with Crippen molar-refractivity contribution in [3.05, 3.63) is 58.6 Å². The zero-order valence-corrected chi connectivity index (χ0v) is 11.7. The number of nitrogens with two attached hydrogens (primary N) is 2. The van der Waals surface area contributed by atoms with E-state index in [9.17, 15) is 0 Å². The number of hydrogen-bond donors (Lipinski definition) is 2. The van der Waals surface area contributed by atoms with Gasteiger partial charge >= 0.3 is 0 Å². The lowest BCUT2D eigenvalue weighted by Crippen LogP contribution is -2.04. The van der Waals surface area contributed by atoms with Crippen LogP contribution in [0.3, 0.4) is 0 Å². The lowest BCUT2D eigenvalue weighted by atomic mass is 9.96. The van der Waals surface area contributed by atoms with Crippen LogP contribution in [-0.4, -0.2) is 13.1 Å². The number of hydrogen-bond acceptors (Lipinski definition) is 2. The minimum Gasteiger partial charge on any atom is -0.330 e. The van der Waals surface area contributed by atoms with Crippen LogP contribution in [0.25, 0.3) is 11.1 Å². The Morgan fingerprint density at radius 2 is 1.63 bits per heavy atom. The summed E-state index contributed by atoms with van der Waals surface area (Å²) in [5.41, 5.74) is 16.1. The van der Waals surface area contributed by atoms with Crippen molar-refractivity contribution in [3.8, 4) is 11.1 Å². The summed E-state index contributed by atoms with van der Waals surface area (Å²) < 4.78 is 0. The van der Waals surface area contributed by atoms with Crippen molar-refractivity contribution in [1.29, 1.82) is 0 Å². The first-order chi connectivity index (χ1) is 9.24. The lowest BCUT2D eigenvalue weighted by molar-refractivity contribution is 0.965. The Morgan fingerprint density at radius 1 is 0.895 bits per heavy atom. The third kappa shape index (κ3) is 3.57. The molecule has 0 heterocycles. The third-order valence-corrected chi connectivity index (χ3v) is 3.35. The molecule has 2 aromatic carbocycles. The van der Waals surface area contributed by atoms with E-state index in [4.69, 9.17) is 23.1 Å². The molecule has 2 rings (SSSR count). The zero-order valence-electron chi connectivity index (χ0n) is 10.9. The summed E-state index contributed by atoms with van der Waals surface area (Å²) in [6.07, 6.45) is 1.71. The minimum absolute atomic E-state index is 0.629. The van der Waals surface area contributed by atoms with Gasteiger partial charge in [0.2, 0.25) is 0 Å². The van der Waals surface area contributed by atoms with E-state index in [1.54, 1.807) is 0 Å². The second-order valence-electron chi connectivity index (χ2n) is 4.58. The molecule has 100 valence electrons. The number of halogens is 1. The van der Waals surface area contributed by atoms with Crippen molar-refractivity contribution in [2.75, 3.05) is 13.1 Å². The van der Waals surface area contributed by atoms with Crippen molar-refractivity contribution in [3.63, 3.8) is 0 Å². The van der Waals surface area contributed by atoms with Gasteiger partial charge in [-0.1, -0.05) is 41.9 Å². The Kier molecular flexibility index (Phi) is 4.97. The molecular weight excluding hydrogens is 256 g/mol. The molecule has 0 aliphatic heterocycles. The SMILES string of the molecule is NCCc1cc(Cl)cc(-c2ccccc2CCN)c1. The van der Waals surface area contributed by atoms with Crippen molar-refractivity contribution in [2.24, 2.45) is 11.5 Å². The maximum Gasteiger partial charge on any atom is 0.0414 e. The van der Waals surface area contributed by atoms with Gasteiger partial charge < -0.3 is 11.5 Å². The van der Waals surface area contributed by atoms with Crippen LogP contribution in [0.15, 0.2) is 42.5 Å². The predicted octanol–water partition coefficient (Wildman–Crippen LogP) is 3.01. The van der Waals surface area contributed by atoms with Crippen LogP contribution in [-0.2, 0) is 12.8 Å². The molecular formula is C16H19ClN2. The van der Waals surface area contributed by atoms with Gasteiger partial charge in [0.05, 0.1) is 0 Å². The van der Waals surface area contributed by atoms with Crippen LogP contribution in [0.1, 0.15) is 11.1 Å². The topological polar surface area (TPSA) is 52.0 Å². The van der Waals surface area contributed by atoms with E-state index < -0.39 is 0 Å². The van der Waals surface area contributed by atoms with Crippen LogP contribution >= 0.6 is 11.6 Å². The molecule has 19 heavy (non-hydrogen) atoms. The summed E-state index contributed by atoms with van der Waals surface area (Å²) in [5, 5.41) is 0.753. The Morgan fingerprint density at radius 3 is 2.37 bits per heavy atom. The number of benzene rings is 2. The molecule has 0 radical (unpaired) electrons. The van der Waals surface area contributed by atoms with E-state index in [-0.39, 0.29) is 0 Å². The highest BCUT2D eigenvalue weighted by molar-refractivity contribution is 6.31. The number of rotatable bonds is 5. The maximum absolute atomic E-state index is 6.20. The fourth-order valence-corrected chi connectivity index (χ4v) is 2.55. The maximum atomic E-state index is 6.20. The average Bonchev–Trinajstić information content (AvgIpc) is 2.39. The summed E-state index contributed by atoms with van der Waals surface area (Å²) in [6.45, 7) is 1.28. The molecule has 4 N–H and O–H groups in total. The second-order valence-corrected chi connectivity index (χ2v) is 5.02. The Balaban J connectivity index is 2.46. The molecule has 3 heteroatoms. The zero-order chi connectivity index (χ0) is 13.7. The highest BCUT2D eigenvalue weighted by Gasteiger charge is 2.06. The van der Waals surface area contributed by atoms with Gasteiger partial charge in [0.1, 0.15) is 0 Å². The van der Waals surface area contributed by atoms with Gasteiger partial charge in [-0.15, -0.1) is 0 Å². The van der Waals surface area contributed by atoms with Gasteiger partial charge in [0, 0.05) is 5.02 Å². The molecule has 2 aromatic rings. The van der Waals surface area contributed by atoms with Crippen LogP contribution in [0.2, 0.25) is 5.02 Å². The standard InChI is InChI=1S/C16H19ClN2/c17-15-10-12(5-7-18)9-14(11-15)16-4-2-1-3-13(16)6-8-19/h1-4,9-11H,5-8,18-19H2. The highest BCUT2D eigenvalue weighted by atomic mass is 35.5. The molecule has 0 saturated carbocycles. The molecule has 0 aromatic heterocycles. The van der Waals surface area contributed by atoms with Gasteiger partial charge in [-0.25, -0.2) is 0 Å². The fraction of sp³-hybridized carbons (Fsp3) is 0.250. The Labute approximate surface area is 119 Å². The van der Waals surface area contributed by atoms with Gasteiger partial charge in [-0.2, -0.15) is 0 Å². The van der Waals surface area contributed by atoms with Gasteiger partial charge in [0.25, 0.3) is 0 Å². The Hall–Kier alpha value is -1.35. The van der Waals surface area contributed by atoms with E-state index >= 15 is 0 Å². The average molecular weight is 275 g/mol. The van der Waals surface area contributed by atoms with Crippen LogP contribution in [0.5, 0.6) is 0 Å². The van der Waals surface area contributed by atoms with Crippen molar-refractivity contribution in [1.82, 2.24) is 0 Å². The van der Waals surface area contributed by atoms with Crippen LogP contribution in [0.4, 0.5) is 0 Å². The van der Waals surface area contributed by atoms with Crippen LogP contribution < -0.4 is 11.5 Å². The molecule has 0 fully saturated rings. The molecule has 0 aliphatic carbocycles. The van der Waals surface area contributed by atoms with Crippen molar-refractivity contribution < 1.29 is 0 Å². The largest absolute Gasteiger partial charge is 0.330 e. The molecule has 2 nitrogen and oxygen atoms in total. The first-order valence-corrected chi connectivity index (χ1v) is 6.90. The van der Waals surface area contributed by atoms with E-state index in [1.165, 1.54) is 16.7 Å². The highest BCUT2D eigenvalue weighted by Crippen LogP contribution is 2.28. The first-order valence-electron chi connectivity index (χ1n) is 6.52. The van der Waals surface area contributed by atoms with Crippen LogP contribution in [0, 0.1) is 0 Å². The molecule has 0 bridgehead atoms. The molecule has 0 atom stereocenters. The predicted molar refractivity (Wildman–Crippen MR) is 82.4 cm³/mol. The third-order valence-electron chi connectivity index (χ3n) is 3.13. The normalized spacial score (nSPS) is 10.7. The first kappa shape index (κ1) is 14.1. The summed E-state index contributed by atoms with van der Waals surface area (Å²) in [7, 11) is 0. The van der Waals surface area contributed by atoms with Gasteiger partial charge in [0.15, 0.2) is 0 Å². The summed E-state index contributed by atoms with van der Waals surface area (Å²) in [4.78, 5) is 0. The molecule has 0 saturated heterocycles. The van der Waals surface area contributed by atoms with Crippen molar-refractivity contribution in [2.45, 2.75) is 12.8 Å². The van der Waals surface area contributed by atoms with E-state index in [0.717, 1.165) is 23.4 Å². The molecule has 0 amide bonds. The van der Waals surface area contributed by atoms with Gasteiger partial charge in [-0.3, -0.25) is 0 Å². The van der Waals surface area contributed by atoms with E-state index in [2.05, 4.69) is 18.2 Å². The lowest BCUT2D eigenvalue weighted by Gasteiger charge is -2.11. The Bertz CT molecular complexity index is 552. The van der Waals surface area contributed by atoms with Gasteiger partial charge in [-0.05, 0) is 60.3 Å².